The van der Waals surface area contributed by atoms with Gasteiger partial charge in [-0.05, 0) is 7.05 Å². The molecule has 2 nitrogen and oxygen atoms in total. The fourth-order valence-corrected chi connectivity index (χ4v) is 5.19. The molecule has 0 aliphatic carbocycles. The van der Waals surface area contributed by atoms with Crippen molar-refractivity contribution in [2.75, 3.05) is 24.3 Å². The summed E-state index contributed by atoms with van der Waals surface area (Å²) < 4.78 is 0. The molecule has 1 aromatic rings. The predicted octanol–water partition coefficient (Wildman–Crippen LogP) is 2.38. The van der Waals surface area contributed by atoms with Crippen LogP contribution in [-0.2, 0) is 6.54 Å². The van der Waals surface area contributed by atoms with Crippen molar-refractivity contribution in [3.63, 3.8) is 0 Å². The molecule has 1 aliphatic rings. The van der Waals surface area contributed by atoms with Crippen LogP contribution in [-0.4, -0.2) is 29.3 Å². The molecule has 0 radical (unpaired) electrons. The summed E-state index contributed by atoms with van der Waals surface area (Å²) in [5.74, 6) is 3.81. The molecule has 1 aromatic heterocycles. The Labute approximate surface area is 97.3 Å². The van der Waals surface area contributed by atoms with E-state index in [0.29, 0.717) is 5.25 Å². The Morgan fingerprint density at radius 2 is 2.50 bits per heavy atom. The fourth-order valence-electron chi connectivity index (χ4n) is 1.36. The van der Waals surface area contributed by atoms with Crippen molar-refractivity contribution < 1.29 is 0 Å². The van der Waals surface area contributed by atoms with Crippen molar-refractivity contribution in [3.8, 4) is 0 Å². The fraction of sp³-hybridized carbons (Fsp3) is 0.667. The molecule has 1 atom stereocenters. The van der Waals surface area contributed by atoms with Crippen LogP contribution in [0.5, 0.6) is 0 Å². The number of thioether (sulfide) groups is 2. The van der Waals surface area contributed by atoms with Crippen molar-refractivity contribution in [2.24, 2.45) is 0 Å². The van der Waals surface area contributed by atoms with Crippen LogP contribution >= 0.6 is 34.9 Å². The molecule has 1 fully saturated rings. The largest absolute Gasteiger partial charge is 0.314 e. The first-order chi connectivity index (χ1) is 6.90. The van der Waals surface area contributed by atoms with Crippen LogP contribution in [0.3, 0.4) is 0 Å². The van der Waals surface area contributed by atoms with Crippen LogP contribution in [0.15, 0.2) is 5.38 Å². The topological polar surface area (TPSA) is 24.9 Å². The van der Waals surface area contributed by atoms with E-state index in [1.54, 1.807) is 0 Å². The highest BCUT2D eigenvalue weighted by molar-refractivity contribution is 8.06. The Bertz CT molecular complexity index is 281. The van der Waals surface area contributed by atoms with E-state index in [1.807, 2.05) is 18.4 Å². The second-order valence-electron chi connectivity index (χ2n) is 3.14. The number of nitrogens with one attached hydrogen (secondary N) is 1. The van der Waals surface area contributed by atoms with Gasteiger partial charge in [-0.15, -0.1) is 23.1 Å². The van der Waals surface area contributed by atoms with Crippen molar-refractivity contribution in [3.05, 3.63) is 16.1 Å². The van der Waals surface area contributed by atoms with Crippen LogP contribution in [0, 0.1) is 0 Å². The zero-order valence-corrected chi connectivity index (χ0v) is 10.6. The molecule has 0 amide bonds. The molecule has 1 N–H and O–H groups in total. The smallest absolute Gasteiger partial charge is 0.107 e. The SMILES string of the molecule is CNCc1csc(C2CSCCS2)n1. The first-order valence-corrected chi connectivity index (χ1v) is 7.76. The highest BCUT2D eigenvalue weighted by Crippen LogP contribution is 2.37. The molecule has 0 bridgehead atoms. The van der Waals surface area contributed by atoms with Crippen molar-refractivity contribution >= 4 is 34.9 Å². The predicted molar refractivity (Wildman–Crippen MR) is 67.4 cm³/mol. The maximum absolute atomic E-state index is 4.65. The number of rotatable bonds is 3. The van der Waals surface area contributed by atoms with E-state index in [-0.39, 0.29) is 0 Å². The number of hydrogen-bond acceptors (Lipinski definition) is 5. The zero-order valence-electron chi connectivity index (χ0n) is 8.16. The number of nitrogens with zero attached hydrogens (tertiary/aromatic N) is 1. The molecular weight excluding hydrogens is 232 g/mol. The molecule has 78 valence electrons. The van der Waals surface area contributed by atoms with E-state index >= 15 is 0 Å². The second-order valence-corrected chi connectivity index (χ2v) is 6.49. The van der Waals surface area contributed by atoms with Gasteiger partial charge in [-0.1, -0.05) is 0 Å². The summed E-state index contributed by atoms with van der Waals surface area (Å²) in [4.78, 5) is 4.65. The lowest BCUT2D eigenvalue weighted by atomic mass is 10.4. The molecule has 1 unspecified atom stereocenters. The highest BCUT2D eigenvalue weighted by Gasteiger charge is 2.19. The van der Waals surface area contributed by atoms with Crippen LogP contribution in [0.4, 0.5) is 0 Å². The van der Waals surface area contributed by atoms with Gasteiger partial charge in [0.05, 0.1) is 10.9 Å². The van der Waals surface area contributed by atoms with E-state index in [9.17, 15) is 0 Å². The molecule has 2 heterocycles. The van der Waals surface area contributed by atoms with Crippen LogP contribution in [0.1, 0.15) is 16.0 Å². The minimum absolute atomic E-state index is 0.643. The summed E-state index contributed by atoms with van der Waals surface area (Å²) in [6, 6.07) is 0. The summed E-state index contributed by atoms with van der Waals surface area (Å²) in [6.45, 7) is 0.890. The summed E-state index contributed by atoms with van der Waals surface area (Å²) in [6.07, 6.45) is 0. The first-order valence-electron chi connectivity index (χ1n) is 4.68. The van der Waals surface area contributed by atoms with Crippen LogP contribution in [0.2, 0.25) is 0 Å². The summed E-state index contributed by atoms with van der Waals surface area (Å²) >= 11 is 5.92. The van der Waals surface area contributed by atoms with Crippen molar-refractivity contribution in [1.29, 1.82) is 0 Å². The van der Waals surface area contributed by atoms with Gasteiger partial charge in [0.25, 0.3) is 0 Å². The molecule has 14 heavy (non-hydrogen) atoms. The average molecular weight is 246 g/mol. The summed E-state index contributed by atoms with van der Waals surface area (Å²) in [7, 11) is 1.96. The Morgan fingerprint density at radius 3 is 3.21 bits per heavy atom. The third kappa shape index (κ3) is 2.66. The molecule has 0 aromatic carbocycles. The zero-order chi connectivity index (χ0) is 9.80. The lowest BCUT2D eigenvalue weighted by Crippen LogP contribution is -2.08. The van der Waals surface area contributed by atoms with Gasteiger partial charge in [0.1, 0.15) is 5.01 Å². The van der Waals surface area contributed by atoms with E-state index < -0.39 is 0 Å². The molecule has 1 aliphatic heterocycles. The van der Waals surface area contributed by atoms with Gasteiger partial charge in [0, 0.05) is 29.2 Å². The van der Waals surface area contributed by atoms with Gasteiger partial charge >= 0.3 is 0 Å². The molecular formula is C9H14N2S3. The Morgan fingerprint density at radius 1 is 1.57 bits per heavy atom. The molecule has 1 saturated heterocycles. The monoisotopic (exact) mass is 246 g/mol. The van der Waals surface area contributed by atoms with Gasteiger partial charge in [-0.3, -0.25) is 0 Å². The maximum Gasteiger partial charge on any atom is 0.107 e. The van der Waals surface area contributed by atoms with E-state index in [0.717, 1.165) is 6.54 Å². The minimum atomic E-state index is 0.643. The average Bonchev–Trinajstić information content (AvgIpc) is 2.68. The highest BCUT2D eigenvalue weighted by atomic mass is 32.2. The minimum Gasteiger partial charge on any atom is -0.314 e. The van der Waals surface area contributed by atoms with E-state index in [2.05, 4.69) is 39.2 Å². The lowest BCUT2D eigenvalue weighted by molar-refractivity contribution is 0.792. The van der Waals surface area contributed by atoms with Gasteiger partial charge in [-0.25, -0.2) is 4.98 Å². The molecule has 2 rings (SSSR count). The Balaban J connectivity index is 2.00. The Kier molecular flexibility index (Phi) is 4.16. The standard InChI is InChI=1S/C9H14N2S3/c1-10-4-7-5-14-9(11-7)8-6-12-2-3-13-8/h5,8,10H,2-4,6H2,1H3. The Hall–Kier alpha value is 0.290. The maximum atomic E-state index is 4.65. The van der Waals surface area contributed by atoms with Crippen LogP contribution < -0.4 is 5.32 Å². The first kappa shape index (κ1) is 10.8. The normalized spacial score (nSPS) is 22.5. The number of hydrogen-bond donors (Lipinski definition) is 1. The summed E-state index contributed by atoms with van der Waals surface area (Å²) in [5, 5.41) is 7.26. The van der Waals surface area contributed by atoms with Gasteiger partial charge in [0.2, 0.25) is 0 Å². The summed E-state index contributed by atoms with van der Waals surface area (Å²) in [5.41, 5.74) is 1.18. The van der Waals surface area contributed by atoms with E-state index in [4.69, 9.17) is 0 Å². The van der Waals surface area contributed by atoms with Gasteiger partial charge < -0.3 is 5.32 Å². The van der Waals surface area contributed by atoms with E-state index in [1.165, 1.54) is 28.0 Å². The van der Waals surface area contributed by atoms with Gasteiger partial charge in [0.15, 0.2) is 0 Å². The third-order valence-corrected chi connectivity index (χ3v) is 5.94. The second kappa shape index (κ2) is 5.39. The van der Waals surface area contributed by atoms with Crippen molar-refractivity contribution in [2.45, 2.75) is 11.8 Å². The quantitative estimate of drug-likeness (QED) is 0.885. The molecule has 5 heteroatoms. The van der Waals surface area contributed by atoms with Gasteiger partial charge in [-0.2, -0.15) is 11.8 Å². The third-order valence-electron chi connectivity index (χ3n) is 2.02. The number of thiazole rings is 1. The van der Waals surface area contributed by atoms with Crippen molar-refractivity contribution in [1.82, 2.24) is 10.3 Å². The van der Waals surface area contributed by atoms with Crippen LogP contribution in [0.25, 0.3) is 0 Å². The lowest BCUT2D eigenvalue weighted by Gasteiger charge is -2.18. The molecule has 0 saturated carbocycles. The molecule has 0 spiro atoms. The number of aromatic nitrogens is 1.